The van der Waals surface area contributed by atoms with E-state index in [9.17, 15) is 0 Å². The van der Waals surface area contributed by atoms with E-state index < -0.39 is 0 Å². The maximum absolute atomic E-state index is 7.16. The van der Waals surface area contributed by atoms with Gasteiger partial charge in [-0.15, -0.1) is 0 Å². The van der Waals surface area contributed by atoms with Crippen molar-refractivity contribution < 1.29 is 13.3 Å². The fourth-order valence-electron chi connectivity index (χ4n) is 19.4. The minimum atomic E-state index is -0.370. The molecule has 0 spiro atoms. The number of unbranched alkanes of at least 4 members (excludes halogenated alkanes) is 8. The van der Waals surface area contributed by atoms with Crippen LogP contribution in [0.25, 0.3) is 133 Å². The lowest BCUT2D eigenvalue weighted by Gasteiger charge is -2.35. The summed E-state index contributed by atoms with van der Waals surface area (Å²) in [6.45, 7) is 19.4. The van der Waals surface area contributed by atoms with Crippen LogP contribution >= 0.6 is 0 Å². The highest BCUT2D eigenvalue weighted by Gasteiger charge is 2.47. The van der Waals surface area contributed by atoms with Gasteiger partial charge in [-0.1, -0.05) is 259 Å². The van der Waals surface area contributed by atoms with Crippen LogP contribution in [0.4, 0.5) is 17.1 Å². The van der Waals surface area contributed by atoms with Gasteiger partial charge in [-0.3, -0.25) is 0 Å². The standard InChI is InChI=1S/C96H85NO3/c1-9-11-13-15-29-49-96(50-30-16-14-12-10-2)78-53-62(43-46-65(78)86-80(96)55-70(59-33-21-18-22-34-59)92-90(86)68-37-25-28-40-83(68)100-92)97(61-42-45-64-75(52-61)95(7,8)79-54-69(58-31-19-17-20-32-58)91-89(85(64)79)67-36-24-27-39-82(67)99-91)60-41-44-63-71-56-77-72(57-76(71)94(5,6)74(63)51-60)87-73(93(77,3)4)47-48-84-88(87)66-35-23-26-38-81(66)98-84/h17-28,31-48,51-57H,9-16,29-30,49-50H2,1-8H3. The number of rotatable bonds is 17. The number of hydrogen-bond acceptors (Lipinski definition) is 4. The van der Waals surface area contributed by atoms with Crippen molar-refractivity contribution in [2.24, 2.45) is 0 Å². The van der Waals surface area contributed by atoms with Crippen molar-refractivity contribution in [3.05, 3.63) is 269 Å². The zero-order chi connectivity index (χ0) is 67.6. The first kappa shape index (κ1) is 61.0. The van der Waals surface area contributed by atoms with E-state index in [4.69, 9.17) is 13.3 Å². The van der Waals surface area contributed by atoms with Crippen LogP contribution in [-0.4, -0.2) is 0 Å². The SMILES string of the molecule is CCCCCCCC1(CCCCCCC)c2cc(N(c3ccc4c(c3)C(C)(C)c3cc5c(cc3-4)C(C)(C)c3ccc4oc6ccccc6c4c3-5)c3ccc4c(c3)C(C)(C)c3cc(-c5ccccc5)c5oc6ccccc6c5c3-4)ccc2-c2c1cc(-c1ccccc1)c1oc3ccccc3c21. The highest BCUT2D eigenvalue weighted by Crippen LogP contribution is 2.63. The molecule has 4 heteroatoms. The maximum Gasteiger partial charge on any atom is 0.143 e. The zero-order valence-electron chi connectivity index (χ0n) is 59.0. The van der Waals surface area contributed by atoms with Crippen LogP contribution in [0.1, 0.15) is 177 Å². The molecular weight excluding hydrogens is 1220 g/mol. The van der Waals surface area contributed by atoms with Gasteiger partial charge in [0.2, 0.25) is 0 Å². The molecule has 492 valence electrons. The van der Waals surface area contributed by atoms with Gasteiger partial charge in [-0.25, -0.2) is 0 Å². The van der Waals surface area contributed by atoms with Gasteiger partial charge >= 0.3 is 0 Å². The molecule has 0 fully saturated rings. The quantitative estimate of drug-likeness (QED) is 0.0852. The topological polar surface area (TPSA) is 42.7 Å². The Kier molecular flexibility index (Phi) is 13.8. The van der Waals surface area contributed by atoms with Crippen LogP contribution in [-0.2, 0) is 21.7 Å². The van der Waals surface area contributed by atoms with Gasteiger partial charge in [-0.2, -0.15) is 0 Å². The molecule has 4 aliphatic carbocycles. The third-order valence-electron chi connectivity index (χ3n) is 24.5. The lowest BCUT2D eigenvalue weighted by molar-refractivity contribution is 0.399. The molecule has 0 bridgehead atoms. The second kappa shape index (κ2) is 22.7. The monoisotopic (exact) mass is 1300 g/mol. The normalized spacial score (nSPS) is 15.2. The summed E-state index contributed by atoms with van der Waals surface area (Å²) in [5, 5.41) is 7.17. The molecule has 3 heterocycles. The third-order valence-corrected chi connectivity index (χ3v) is 24.5. The zero-order valence-corrected chi connectivity index (χ0v) is 59.0. The van der Waals surface area contributed by atoms with Gasteiger partial charge in [0.15, 0.2) is 0 Å². The van der Waals surface area contributed by atoms with E-state index in [0.29, 0.717) is 0 Å². The van der Waals surface area contributed by atoms with Crippen molar-refractivity contribution in [1.29, 1.82) is 0 Å². The van der Waals surface area contributed by atoms with E-state index in [0.717, 1.165) is 87.1 Å². The summed E-state index contributed by atoms with van der Waals surface area (Å²) in [5.41, 5.74) is 34.2. The summed E-state index contributed by atoms with van der Waals surface area (Å²) < 4.78 is 20.8. The van der Waals surface area contributed by atoms with Crippen LogP contribution < -0.4 is 4.90 Å². The number of nitrogens with zero attached hydrogens (tertiary/aromatic N) is 1. The summed E-state index contributed by atoms with van der Waals surface area (Å²) in [6.07, 6.45) is 14.4. The second-order valence-electron chi connectivity index (χ2n) is 31.2. The van der Waals surface area contributed by atoms with Crippen molar-refractivity contribution in [3.63, 3.8) is 0 Å². The Bertz CT molecular complexity index is 5850. The summed E-state index contributed by atoms with van der Waals surface area (Å²) >= 11 is 0. The first-order valence-electron chi connectivity index (χ1n) is 37.3. The van der Waals surface area contributed by atoms with E-state index in [1.54, 1.807) is 0 Å². The average molecular weight is 1300 g/mol. The largest absolute Gasteiger partial charge is 0.456 e. The second-order valence-corrected chi connectivity index (χ2v) is 31.2. The lowest BCUT2D eigenvalue weighted by atomic mass is 9.70. The van der Waals surface area contributed by atoms with Crippen LogP contribution in [0.3, 0.4) is 0 Å². The minimum Gasteiger partial charge on any atom is -0.456 e. The number of para-hydroxylation sites is 3. The van der Waals surface area contributed by atoms with E-state index in [1.807, 2.05) is 0 Å². The molecule has 100 heavy (non-hydrogen) atoms. The summed E-state index contributed by atoms with van der Waals surface area (Å²) in [7, 11) is 0. The molecule has 0 amide bonds. The molecule has 0 saturated heterocycles. The van der Waals surface area contributed by atoms with Gasteiger partial charge in [-0.05, 0) is 198 Å². The average Bonchev–Trinajstić information content (AvgIpc) is 1.54. The number of fused-ring (bicyclic) bond motifs is 24. The van der Waals surface area contributed by atoms with Gasteiger partial charge in [0.1, 0.15) is 33.5 Å². The molecule has 4 nitrogen and oxygen atoms in total. The Morgan fingerprint density at radius 2 is 0.680 bits per heavy atom. The van der Waals surface area contributed by atoms with E-state index in [1.165, 1.54) is 184 Å². The molecule has 0 unspecified atom stereocenters. The molecule has 0 atom stereocenters. The molecule has 0 radical (unpaired) electrons. The summed E-state index contributed by atoms with van der Waals surface area (Å²) in [5.74, 6) is 0. The Morgan fingerprint density at radius 1 is 0.280 bits per heavy atom. The molecular formula is C96H85NO3. The fourth-order valence-corrected chi connectivity index (χ4v) is 19.4. The molecule has 4 aliphatic rings. The Labute approximate surface area is 587 Å². The van der Waals surface area contributed by atoms with Crippen molar-refractivity contribution in [3.8, 4) is 66.8 Å². The van der Waals surface area contributed by atoms with Gasteiger partial charge < -0.3 is 18.2 Å². The maximum atomic E-state index is 7.16. The molecule has 0 aliphatic heterocycles. The van der Waals surface area contributed by atoms with Gasteiger partial charge in [0.25, 0.3) is 0 Å². The Morgan fingerprint density at radius 3 is 1.25 bits per heavy atom. The van der Waals surface area contributed by atoms with Crippen LogP contribution in [0.5, 0.6) is 0 Å². The van der Waals surface area contributed by atoms with Crippen LogP contribution in [0.2, 0.25) is 0 Å². The Balaban J connectivity index is 0.839. The number of furan rings is 3. The van der Waals surface area contributed by atoms with E-state index in [-0.39, 0.29) is 21.7 Å². The van der Waals surface area contributed by atoms with Crippen molar-refractivity contribution in [1.82, 2.24) is 0 Å². The minimum absolute atomic E-state index is 0.219. The molecule has 12 aromatic carbocycles. The smallest absolute Gasteiger partial charge is 0.143 e. The predicted molar refractivity (Wildman–Crippen MR) is 419 cm³/mol. The highest BCUT2D eigenvalue weighted by atomic mass is 16.3. The number of benzene rings is 12. The highest BCUT2D eigenvalue weighted by molar-refractivity contribution is 6.21. The fraction of sp³-hybridized carbons (Fsp3) is 0.250. The summed E-state index contributed by atoms with van der Waals surface area (Å²) in [6, 6.07) is 85.3. The lowest BCUT2D eigenvalue weighted by Crippen LogP contribution is -2.26. The number of anilines is 3. The van der Waals surface area contributed by atoms with Gasteiger partial charge in [0, 0.05) is 82.2 Å². The molecule has 15 aromatic rings. The van der Waals surface area contributed by atoms with E-state index >= 15 is 0 Å². The molecule has 3 aromatic heterocycles. The molecule has 0 saturated carbocycles. The van der Waals surface area contributed by atoms with E-state index in [2.05, 4.69) is 285 Å². The number of hydrogen-bond donors (Lipinski definition) is 0. The first-order valence-corrected chi connectivity index (χ1v) is 37.3. The summed E-state index contributed by atoms with van der Waals surface area (Å²) in [4.78, 5) is 2.64. The third kappa shape index (κ3) is 8.77. The predicted octanol–water partition coefficient (Wildman–Crippen LogP) is 28.1. The first-order chi connectivity index (χ1) is 48.8. The Hall–Kier alpha value is -10.2. The van der Waals surface area contributed by atoms with Gasteiger partial charge in [0.05, 0.1) is 0 Å². The molecule has 19 rings (SSSR count). The van der Waals surface area contributed by atoms with Crippen LogP contribution in [0, 0.1) is 0 Å². The van der Waals surface area contributed by atoms with Crippen LogP contribution in [0.15, 0.2) is 238 Å². The molecule has 0 N–H and O–H groups in total. The van der Waals surface area contributed by atoms with Crippen molar-refractivity contribution in [2.45, 2.75) is 154 Å². The van der Waals surface area contributed by atoms with Crippen molar-refractivity contribution in [2.75, 3.05) is 4.90 Å². The van der Waals surface area contributed by atoms with Crippen molar-refractivity contribution >= 4 is 82.9 Å².